The highest BCUT2D eigenvalue weighted by molar-refractivity contribution is 5.61. The maximum absolute atomic E-state index is 5.91. The van der Waals surface area contributed by atoms with E-state index in [1.807, 2.05) is 32.3 Å². The van der Waals surface area contributed by atoms with Crippen molar-refractivity contribution in [1.82, 2.24) is 0 Å². The van der Waals surface area contributed by atoms with Gasteiger partial charge in [-0.2, -0.15) is 0 Å². The van der Waals surface area contributed by atoms with Crippen molar-refractivity contribution in [3.05, 3.63) is 18.2 Å². The fraction of sp³-hybridized carbons (Fsp3) is 0.600. The molecule has 0 bridgehead atoms. The molecular weight excluding hydrogens is 226 g/mol. The molecule has 0 unspecified atom stereocenters. The molecule has 0 spiro atoms. The average Bonchev–Trinajstić information content (AvgIpc) is 3.01. The molecule has 18 heavy (non-hydrogen) atoms. The molecule has 3 nitrogen and oxygen atoms in total. The molecule has 3 heteroatoms. The summed E-state index contributed by atoms with van der Waals surface area (Å²) in [5.41, 5.74) is 0.895. The number of nitrogens with zero attached hydrogens (tertiary/aromatic N) is 1. The smallest absolute Gasteiger partial charge is 0.143 e. The molecule has 0 atom stereocenters. The van der Waals surface area contributed by atoms with Crippen molar-refractivity contribution in [3.63, 3.8) is 0 Å². The highest BCUT2D eigenvalue weighted by atomic mass is 16.5. The van der Waals surface area contributed by atoms with Gasteiger partial charge >= 0.3 is 0 Å². The Hall–Kier alpha value is -1.38. The van der Waals surface area contributed by atoms with Crippen LogP contribution in [0.1, 0.15) is 33.6 Å². The molecule has 100 valence electrons. The van der Waals surface area contributed by atoms with Crippen molar-refractivity contribution in [3.8, 4) is 11.5 Å². The normalized spacial score (nSPS) is 15.4. The molecule has 1 aromatic carbocycles. The molecule has 1 aromatic rings. The van der Waals surface area contributed by atoms with Gasteiger partial charge in [0.25, 0.3) is 0 Å². The molecule has 0 saturated heterocycles. The molecule has 1 aliphatic rings. The van der Waals surface area contributed by atoms with Gasteiger partial charge in [-0.3, -0.25) is 0 Å². The minimum atomic E-state index is -0.178. The van der Waals surface area contributed by atoms with Gasteiger partial charge in [0.2, 0.25) is 0 Å². The third-order valence-electron chi connectivity index (χ3n) is 2.65. The number of ether oxygens (including phenoxy) is 2. The Kier molecular flexibility index (Phi) is 3.42. The number of anilines is 1. The van der Waals surface area contributed by atoms with Crippen LogP contribution in [-0.4, -0.2) is 25.8 Å². The van der Waals surface area contributed by atoms with E-state index in [2.05, 4.69) is 25.7 Å². The molecular formula is C15H23NO2. The lowest BCUT2D eigenvalue weighted by atomic mass is 10.2. The van der Waals surface area contributed by atoms with Crippen LogP contribution in [0.15, 0.2) is 18.2 Å². The lowest BCUT2D eigenvalue weighted by Gasteiger charge is -2.24. The fourth-order valence-electron chi connectivity index (χ4n) is 1.73. The molecule has 0 heterocycles. The van der Waals surface area contributed by atoms with Crippen molar-refractivity contribution >= 4 is 5.69 Å². The van der Waals surface area contributed by atoms with Crippen LogP contribution in [0.25, 0.3) is 0 Å². The lowest BCUT2D eigenvalue weighted by molar-refractivity contribution is 0.131. The van der Waals surface area contributed by atoms with Gasteiger partial charge in [-0.15, -0.1) is 0 Å². The van der Waals surface area contributed by atoms with Gasteiger partial charge in [0.1, 0.15) is 17.1 Å². The van der Waals surface area contributed by atoms with E-state index in [1.54, 1.807) is 0 Å². The van der Waals surface area contributed by atoms with Gasteiger partial charge in [-0.25, -0.2) is 0 Å². The minimum absolute atomic E-state index is 0.178. The van der Waals surface area contributed by atoms with E-state index in [1.165, 1.54) is 12.8 Å². The second-order valence-electron chi connectivity index (χ2n) is 6.06. The Labute approximate surface area is 110 Å². The summed E-state index contributed by atoms with van der Waals surface area (Å²) in [5.74, 6) is 1.83. The summed E-state index contributed by atoms with van der Waals surface area (Å²) in [6.45, 7) is 6.16. The molecule has 1 aliphatic carbocycles. The van der Waals surface area contributed by atoms with Gasteiger partial charge in [-0.1, -0.05) is 0 Å². The summed E-state index contributed by atoms with van der Waals surface area (Å²) in [7, 11) is 4.05. The largest absolute Gasteiger partial charge is 0.488 e. The predicted molar refractivity (Wildman–Crippen MR) is 74.8 cm³/mol. The van der Waals surface area contributed by atoms with Crippen LogP contribution in [0, 0.1) is 0 Å². The Bertz CT molecular complexity index is 417. The summed E-state index contributed by atoms with van der Waals surface area (Å²) in [4.78, 5) is 2.06. The second-order valence-corrected chi connectivity index (χ2v) is 6.06. The maximum atomic E-state index is 5.91. The van der Waals surface area contributed by atoms with Gasteiger partial charge in [0.05, 0.1) is 11.8 Å². The minimum Gasteiger partial charge on any atom is -0.488 e. The maximum Gasteiger partial charge on any atom is 0.143 e. The van der Waals surface area contributed by atoms with E-state index in [4.69, 9.17) is 9.47 Å². The Morgan fingerprint density at radius 1 is 1.17 bits per heavy atom. The molecule has 0 amide bonds. The van der Waals surface area contributed by atoms with E-state index < -0.39 is 0 Å². The first-order valence-electron chi connectivity index (χ1n) is 6.52. The van der Waals surface area contributed by atoms with Crippen LogP contribution < -0.4 is 14.4 Å². The zero-order valence-electron chi connectivity index (χ0n) is 12.0. The van der Waals surface area contributed by atoms with Crippen LogP contribution in [-0.2, 0) is 0 Å². The molecule has 0 aliphatic heterocycles. The standard InChI is InChI=1S/C15H23NO2/c1-15(2,3)18-12-8-9-14(17-11-6-7-11)13(10-12)16(4)5/h8-11H,6-7H2,1-5H3. The first-order valence-corrected chi connectivity index (χ1v) is 6.52. The summed E-state index contributed by atoms with van der Waals surface area (Å²) >= 11 is 0. The molecule has 1 fully saturated rings. The lowest BCUT2D eigenvalue weighted by Crippen LogP contribution is -2.23. The number of hydrogen-bond donors (Lipinski definition) is 0. The molecule has 0 radical (unpaired) electrons. The van der Waals surface area contributed by atoms with E-state index >= 15 is 0 Å². The Morgan fingerprint density at radius 3 is 2.33 bits per heavy atom. The average molecular weight is 249 g/mol. The van der Waals surface area contributed by atoms with E-state index in [9.17, 15) is 0 Å². The zero-order chi connectivity index (χ0) is 13.3. The molecule has 2 rings (SSSR count). The monoisotopic (exact) mass is 249 g/mol. The van der Waals surface area contributed by atoms with E-state index in [0.29, 0.717) is 6.10 Å². The molecule has 1 saturated carbocycles. The summed E-state index contributed by atoms with van der Waals surface area (Å²) < 4.78 is 11.8. The van der Waals surface area contributed by atoms with Gasteiger partial charge < -0.3 is 14.4 Å². The molecule has 0 aromatic heterocycles. The van der Waals surface area contributed by atoms with Crippen LogP contribution in [0.5, 0.6) is 11.5 Å². The Morgan fingerprint density at radius 2 is 1.83 bits per heavy atom. The number of rotatable bonds is 4. The predicted octanol–water partition coefficient (Wildman–Crippen LogP) is 3.47. The summed E-state index contributed by atoms with van der Waals surface area (Å²) in [5, 5.41) is 0. The quantitative estimate of drug-likeness (QED) is 0.815. The Balaban J connectivity index is 2.21. The van der Waals surface area contributed by atoms with E-state index in [-0.39, 0.29) is 5.60 Å². The number of hydrogen-bond acceptors (Lipinski definition) is 3. The van der Waals surface area contributed by atoms with Crippen molar-refractivity contribution in [1.29, 1.82) is 0 Å². The van der Waals surface area contributed by atoms with Crippen molar-refractivity contribution in [2.45, 2.75) is 45.3 Å². The highest BCUT2D eigenvalue weighted by Crippen LogP contribution is 2.36. The van der Waals surface area contributed by atoms with Crippen LogP contribution >= 0.6 is 0 Å². The van der Waals surface area contributed by atoms with Crippen molar-refractivity contribution in [2.24, 2.45) is 0 Å². The SMILES string of the molecule is CN(C)c1cc(OC(C)(C)C)ccc1OC1CC1. The fourth-order valence-corrected chi connectivity index (χ4v) is 1.73. The summed E-state index contributed by atoms with van der Waals surface area (Å²) in [6.07, 6.45) is 2.76. The first-order chi connectivity index (χ1) is 8.35. The first kappa shape index (κ1) is 13.1. The highest BCUT2D eigenvalue weighted by Gasteiger charge is 2.25. The van der Waals surface area contributed by atoms with Crippen LogP contribution in [0.4, 0.5) is 5.69 Å². The number of benzene rings is 1. The third kappa shape index (κ3) is 3.56. The van der Waals surface area contributed by atoms with Crippen LogP contribution in [0.2, 0.25) is 0 Å². The second kappa shape index (κ2) is 4.71. The summed E-state index contributed by atoms with van der Waals surface area (Å²) in [6, 6.07) is 6.04. The van der Waals surface area contributed by atoms with Crippen LogP contribution in [0.3, 0.4) is 0 Å². The zero-order valence-corrected chi connectivity index (χ0v) is 12.0. The van der Waals surface area contributed by atoms with Gasteiger partial charge in [-0.05, 0) is 45.7 Å². The van der Waals surface area contributed by atoms with Gasteiger partial charge in [0, 0.05) is 20.2 Å². The topological polar surface area (TPSA) is 21.7 Å². The van der Waals surface area contributed by atoms with E-state index in [0.717, 1.165) is 17.2 Å². The third-order valence-corrected chi connectivity index (χ3v) is 2.65. The van der Waals surface area contributed by atoms with Crippen molar-refractivity contribution in [2.75, 3.05) is 19.0 Å². The van der Waals surface area contributed by atoms with Crippen molar-refractivity contribution < 1.29 is 9.47 Å². The van der Waals surface area contributed by atoms with Gasteiger partial charge in [0.15, 0.2) is 0 Å². The molecule has 0 N–H and O–H groups in total.